The van der Waals surface area contributed by atoms with Crippen molar-refractivity contribution in [1.82, 2.24) is 0 Å². The molecule has 100 valence electrons. The summed E-state index contributed by atoms with van der Waals surface area (Å²) in [5.74, 6) is 0.840. The van der Waals surface area contributed by atoms with Crippen LogP contribution in [0.3, 0.4) is 0 Å². The molecule has 3 rings (SSSR count). The molecule has 1 aromatic carbocycles. The van der Waals surface area contributed by atoms with Gasteiger partial charge in [-0.25, -0.2) is 0 Å². The fourth-order valence-electron chi connectivity index (χ4n) is 2.32. The van der Waals surface area contributed by atoms with Gasteiger partial charge in [0, 0.05) is 0 Å². The summed E-state index contributed by atoms with van der Waals surface area (Å²) in [4.78, 5) is 8.41. The van der Waals surface area contributed by atoms with Crippen LogP contribution in [-0.2, 0) is 6.17 Å². The molecule has 0 unspecified atom stereocenters. The zero-order valence-electron chi connectivity index (χ0n) is 10.4. The number of pyridine rings is 1. The first-order valence-electron chi connectivity index (χ1n) is 5.51. The Balaban J connectivity index is 0.000000810. The molecule has 0 saturated carbocycles. The van der Waals surface area contributed by atoms with Crippen molar-refractivity contribution in [2.75, 3.05) is 0 Å². The summed E-state index contributed by atoms with van der Waals surface area (Å²) in [6.45, 7) is 3.92. The number of halogens is 1. The van der Waals surface area contributed by atoms with Crippen LogP contribution >= 0.6 is 0 Å². The van der Waals surface area contributed by atoms with Crippen molar-refractivity contribution < 1.29 is 31.7 Å². The Morgan fingerprint density at radius 2 is 1.83 bits per heavy atom. The maximum atomic E-state index is 8.41. The van der Waals surface area contributed by atoms with Crippen molar-refractivity contribution in [3.8, 4) is 5.88 Å². The van der Waals surface area contributed by atoms with Gasteiger partial charge in [0.2, 0.25) is 0 Å². The number of aromatic nitrogens is 1. The molecule has 1 aromatic heterocycles. The quantitative estimate of drug-likeness (QED) is 0.303. The molecule has 0 atom stereocenters. The van der Waals surface area contributed by atoms with E-state index in [0.29, 0.717) is 6.17 Å². The van der Waals surface area contributed by atoms with E-state index in [2.05, 4.69) is 22.8 Å². The van der Waals surface area contributed by atoms with E-state index in [1.807, 2.05) is 31.3 Å². The summed E-state index contributed by atoms with van der Waals surface area (Å²) in [7, 11) is -2.96. The summed E-state index contributed by atoms with van der Waals surface area (Å²) in [6.07, 6.45) is 0.705. The van der Waals surface area contributed by atoms with Gasteiger partial charge in [0.25, 0.3) is 0 Å². The van der Waals surface area contributed by atoms with Crippen molar-refractivity contribution in [2.24, 2.45) is 0 Å². The molecule has 4 N–H and O–H groups in total. The van der Waals surface area contributed by atoms with Crippen molar-refractivity contribution in [3.63, 3.8) is 0 Å². The van der Waals surface area contributed by atoms with Crippen LogP contribution in [0.5, 0.6) is 5.88 Å². The van der Waals surface area contributed by atoms with Gasteiger partial charge in [-0.3, -0.25) is 0 Å². The molecule has 1 aliphatic heterocycles. The van der Waals surface area contributed by atoms with E-state index in [0.717, 1.165) is 11.4 Å². The Labute approximate surface area is 112 Å². The monoisotopic (exact) mass is 287 g/mol. The minimum absolute atomic E-state index is 0. The number of rotatable bonds is 0. The molecule has 0 fully saturated rings. The Morgan fingerprint density at radius 3 is 2.56 bits per heavy atom. The van der Waals surface area contributed by atoms with Crippen LogP contribution in [0.25, 0.3) is 10.9 Å². The normalized spacial score (nSPS) is 20.5. The predicted molar refractivity (Wildman–Crippen MR) is 69.5 cm³/mol. The Kier molecular flexibility index (Phi) is 3.48. The summed E-state index contributed by atoms with van der Waals surface area (Å²) in [5.41, 5.74) is 1.16. The average Bonchev–Trinajstić information content (AvgIpc) is 2.48. The molecule has 2 aromatic rings. The molecular weight excluding hydrogens is 270 g/mol. The van der Waals surface area contributed by atoms with Gasteiger partial charge in [0.1, 0.15) is 0 Å². The Hall–Kier alpha value is -1.14. The third-order valence-electron chi connectivity index (χ3n) is 2.95. The van der Waals surface area contributed by atoms with Crippen LogP contribution in [-0.4, -0.2) is 18.1 Å². The van der Waals surface area contributed by atoms with E-state index < -0.39 is 7.84 Å². The fourth-order valence-corrected chi connectivity index (χ4v) is 4.48. The Morgan fingerprint density at radius 1 is 1.17 bits per heavy atom. The standard InChI is InChI=1S/C12H16NO2Si.ClH.H2O/c1-16(2,14)9-13-11-6-4-3-5-10(11)7-8-12(13)15-16;;/h3-8H,9,14H2,1-2H3;1H;1H2/q+1;;/p-1. The largest absolute Gasteiger partial charge is 1.00 e. The van der Waals surface area contributed by atoms with Gasteiger partial charge < -0.3 is 17.9 Å². The topological polar surface area (TPSA) is 67.5 Å². The smallest absolute Gasteiger partial charge is 0.412 e. The van der Waals surface area contributed by atoms with Gasteiger partial charge in [-0.2, -0.15) is 0 Å². The second-order valence-electron chi connectivity index (χ2n) is 5.46. The van der Waals surface area contributed by atoms with E-state index in [1.54, 1.807) is 0 Å². The number of hydrogen-bond acceptors (Lipinski definition) is 1. The molecule has 18 heavy (non-hydrogen) atoms. The van der Waals surface area contributed by atoms with Gasteiger partial charge in [0.05, 0.1) is 0 Å². The molecule has 6 heteroatoms. The third kappa shape index (κ3) is 2.35. The third-order valence-corrected chi connectivity index (χ3v) is 5.05. The van der Waals surface area contributed by atoms with Crippen LogP contribution in [0, 0.1) is 0 Å². The zero-order chi connectivity index (χ0) is 11.4. The van der Waals surface area contributed by atoms with Crippen LogP contribution in [0.1, 0.15) is 0 Å². The molecule has 0 aliphatic carbocycles. The predicted octanol–water partition coefficient (Wildman–Crippen LogP) is -2.38. The average molecular weight is 288 g/mol. The number of fused-ring (bicyclic) bond motifs is 3. The minimum atomic E-state index is -2.96. The fraction of sp³-hybridized carbons (Fsp3) is 0.250. The van der Waals surface area contributed by atoms with E-state index in [1.165, 1.54) is 5.39 Å². The van der Waals surface area contributed by atoms with E-state index in [-0.39, 0.29) is 17.9 Å². The summed E-state index contributed by atoms with van der Waals surface area (Å²) >= 11 is 0. The van der Waals surface area contributed by atoms with Gasteiger partial charge in [-0.1, -0.05) is 0 Å². The van der Waals surface area contributed by atoms with Crippen molar-refractivity contribution in [1.29, 1.82) is 0 Å². The summed E-state index contributed by atoms with van der Waals surface area (Å²) < 4.78 is 8.01. The van der Waals surface area contributed by atoms with Gasteiger partial charge >= 0.3 is 94.1 Å². The molecule has 0 bridgehead atoms. The molecule has 4 nitrogen and oxygen atoms in total. The molecule has 0 spiro atoms. The number of nitrogens with zero attached hydrogens (tertiary/aromatic N) is 1. The van der Waals surface area contributed by atoms with Crippen LogP contribution < -0.4 is 21.4 Å². The van der Waals surface area contributed by atoms with Crippen molar-refractivity contribution in [2.45, 2.75) is 19.3 Å². The second-order valence-corrected chi connectivity index (χ2v) is 11.1. The van der Waals surface area contributed by atoms with Crippen molar-refractivity contribution in [3.05, 3.63) is 36.4 Å². The number of para-hydroxylation sites is 1. The number of hydrogen-bond donors (Lipinski definition) is 0. The zero-order valence-corrected chi connectivity index (χ0v) is 12.2. The van der Waals surface area contributed by atoms with Crippen LogP contribution in [0.15, 0.2) is 36.4 Å². The van der Waals surface area contributed by atoms with Gasteiger partial charge in [0.15, 0.2) is 0 Å². The van der Waals surface area contributed by atoms with Crippen LogP contribution in [0.2, 0.25) is 13.1 Å². The Bertz CT molecular complexity index is 595. The molecule has 0 radical (unpaired) electrons. The first-order chi connectivity index (χ1) is 7.42. The van der Waals surface area contributed by atoms with Crippen LogP contribution in [0.4, 0.5) is 0 Å². The molecular formula is C12H18ClNO3Si. The van der Waals surface area contributed by atoms with Gasteiger partial charge in [-0.05, 0) is 0 Å². The minimum Gasteiger partial charge on any atom is -1.00 e. The SMILES string of the molecule is C[Si-]1(C)([OH2+])C[n+]2c(ccc3ccccc32)O1.O.[Cl-]. The molecule has 2 heterocycles. The summed E-state index contributed by atoms with van der Waals surface area (Å²) in [5, 5.41) is 1.20. The van der Waals surface area contributed by atoms with E-state index in [4.69, 9.17) is 9.22 Å². The maximum Gasteiger partial charge on any atom is -0.412 e. The first-order valence-corrected chi connectivity index (χ1v) is 9.13. The number of benzene rings is 1. The van der Waals surface area contributed by atoms with E-state index >= 15 is 0 Å². The molecule has 0 saturated heterocycles. The molecule has 1 aliphatic rings. The molecule has 0 amide bonds. The first kappa shape index (κ1) is 14.9. The second kappa shape index (κ2) is 4.20. The van der Waals surface area contributed by atoms with E-state index in [9.17, 15) is 0 Å². The maximum absolute atomic E-state index is 8.41. The van der Waals surface area contributed by atoms with Gasteiger partial charge in [-0.15, -0.1) is 0 Å². The van der Waals surface area contributed by atoms with Crippen molar-refractivity contribution >= 4 is 18.7 Å². The summed E-state index contributed by atoms with van der Waals surface area (Å²) in [6, 6.07) is 12.3.